The maximum atomic E-state index is 13.6. The molecule has 0 bridgehead atoms. The standard InChI is InChI=1S/C13H10F2N2S/c14-8-3-1-4-9(15)13(8)11-7-10(16-17-11)12-5-2-6-18-12/h1-7,10,16-17H. The average molecular weight is 264 g/mol. The first-order chi connectivity index (χ1) is 8.75. The van der Waals surface area contributed by atoms with E-state index in [0.717, 1.165) is 4.88 Å². The van der Waals surface area contributed by atoms with Crippen LogP contribution in [0.3, 0.4) is 0 Å². The van der Waals surface area contributed by atoms with Gasteiger partial charge in [-0.1, -0.05) is 12.1 Å². The van der Waals surface area contributed by atoms with E-state index in [4.69, 9.17) is 0 Å². The fourth-order valence-corrected chi connectivity index (χ4v) is 2.67. The Hall–Kier alpha value is -1.72. The van der Waals surface area contributed by atoms with Gasteiger partial charge in [-0.25, -0.2) is 14.2 Å². The number of benzene rings is 1. The van der Waals surface area contributed by atoms with Crippen LogP contribution in [0.4, 0.5) is 8.78 Å². The van der Waals surface area contributed by atoms with Crippen molar-refractivity contribution in [3.63, 3.8) is 0 Å². The lowest BCUT2D eigenvalue weighted by Gasteiger charge is -2.07. The van der Waals surface area contributed by atoms with Gasteiger partial charge in [-0.05, 0) is 29.7 Å². The third-order valence-electron chi connectivity index (χ3n) is 2.78. The van der Waals surface area contributed by atoms with Gasteiger partial charge in [-0.15, -0.1) is 11.3 Å². The van der Waals surface area contributed by atoms with Crippen molar-refractivity contribution < 1.29 is 8.78 Å². The molecule has 92 valence electrons. The molecule has 0 saturated heterocycles. The summed E-state index contributed by atoms with van der Waals surface area (Å²) in [7, 11) is 0. The first kappa shape index (κ1) is 11.4. The van der Waals surface area contributed by atoms with Crippen LogP contribution < -0.4 is 10.9 Å². The predicted octanol–water partition coefficient (Wildman–Crippen LogP) is 3.22. The van der Waals surface area contributed by atoms with E-state index in [-0.39, 0.29) is 11.6 Å². The molecule has 1 aromatic carbocycles. The quantitative estimate of drug-likeness (QED) is 0.870. The highest BCUT2D eigenvalue weighted by Crippen LogP contribution is 2.29. The maximum absolute atomic E-state index is 13.6. The van der Waals surface area contributed by atoms with Crippen LogP contribution in [0.1, 0.15) is 16.5 Å². The number of halogens is 2. The molecule has 1 aliphatic rings. The van der Waals surface area contributed by atoms with Crippen LogP contribution in [0, 0.1) is 11.6 Å². The van der Waals surface area contributed by atoms with Gasteiger partial charge in [-0.2, -0.15) is 0 Å². The molecule has 5 heteroatoms. The minimum atomic E-state index is -0.567. The first-order valence-corrected chi connectivity index (χ1v) is 6.35. The lowest BCUT2D eigenvalue weighted by molar-refractivity contribution is 0.569. The molecule has 1 unspecified atom stereocenters. The second kappa shape index (κ2) is 4.51. The first-order valence-electron chi connectivity index (χ1n) is 5.47. The zero-order valence-electron chi connectivity index (χ0n) is 9.28. The van der Waals surface area contributed by atoms with Crippen molar-refractivity contribution in [1.29, 1.82) is 0 Å². The summed E-state index contributed by atoms with van der Waals surface area (Å²) in [5.74, 6) is -1.13. The molecule has 0 spiro atoms. The monoisotopic (exact) mass is 264 g/mol. The number of hydrogen-bond donors (Lipinski definition) is 2. The molecule has 1 aromatic heterocycles. The van der Waals surface area contributed by atoms with E-state index in [2.05, 4.69) is 10.9 Å². The Bertz CT molecular complexity index is 573. The van der Waals surface area contributed by atoms with Gasteiger partial charge in [0.1, 0.15) is 11.6 Å². The third kappa shape index (κ3) is 1.91. The van der Waals surface area contributed by atoms with Crippen molar-refractivity contribution in [1.82, 2.24) is 10.9 Å². The van der Waals surface area contributed by atoms with Crippen LogP contribution >= 0.6 is 11.3 Å². The molecule has 2 heterocycles. The normalized spacial score (nSPS) is 18.6. The Morgan fingerprint density at radius 1 is 1.06 bits per heavy atom. The van der Waals surface area contributed by atoms with Crippen LogP contribution in [-0.4, -0.2) is 0 Å². The van der Waals surface area contributed by atoms with Gasteiger partial charge in [0.2, 0.25) is 0 Å². The minimum Gasteiger partial charge on any atom is -0.320 e. The van der Waals surface area contributed by atoms with Crippen molar-refractivity contribution in [2.45, 2.75) is 6.04 Å². The molecule has 0 saturated carbocycles. The van der Waals surface area contributed by atoms with E-state index >= 15 is 0 Å². The molecular formula is C13H10F2N2S. The molecule has 1 atom stereocenters. The highest BCUT2D eigenvalue weighted by atomic mass is 32.1. The summed E-state index contributed by atoms with van der Waals surface area (Å²) < 4.78 is 27.3. The molecule has 2 aromatic rings. The van der Waals surface area contributed by atoms with Gasteiger partial charge >= 0.3 is 0 Å². The van der Waals surface area contributed by atoms with Crippen molar-refractivity contribution in [3.8, 4) is 0 Å². The van der Waals surface area contributed by atoms with Crippen LogP contribution in [0.2, 0.25) is 0 Å². The lowest BCUT2D eigenvalue weighted by atomic mass is 10.1. The fraction of sp³-hybridized carbons (Fsp3) is 0.0769. The van der Waals surface area contributed by atoms with Gasteiger partial charge < -0.3 is 5.43 Å². The Labute approximate surface area is 107 Å². The largest absolute Gasteiger partial charge is 0.320 e. The van der Waals surface area contributed by atoms with Gasteiger partial charge in [-0.3, -0.25) is 0 Å². The summed E-state index contributed by atoms with van der Waals surface area (Å²) in [6.07, 6.45) is 1.79. The molecule has 2 N–H and O–H groups in total. The molecule has 3 rings (SSSR count). The van der Waals surface area contributed by atoms with Crippen LogP contribution in [0.5, 0.6) is 0 Å². The van der Waals surface area contributed by atoms with E-state index in [1.807, 2.05) is 17.5 Å². The Morgan fingerprint density at radius 2 is 1.83 bits per heavy atom. The van der Waals surface area contributed by atoms with Crippen molar-refractivity contribution in [2.75, 3.05) is 0 Å². The molecule has 2 nitrogen and oxygen atoms in total. The van der Waals surface area contributed by atoms with E-state index in [1.165, 1.54) is 18.2 Å². The second-order valence-electron chi connectivity index (χ2n) is 3.94. The topological polar surface area (TPSA) is 24.1 Å². The number of hydrazine groups is 1. The molecule has 0 aliphatic carbocycles. The smallest absolute Gasteiger partial charge is 0.135 e. The number of rotatable bonds is 2. The number of thiophene rings is 1. The summed E-state index contributed by atoms with van der Waals surface area (Å²) in [5, 5.41) is 1.96. The fourth-order valence-electron chi connectivity index (χ4n) is 1.93. The van der Waals surface area contributed by atoms with Crippen molar-refractivity contribution in [3.05, 3.63) is 63.9 Å². The SMILES string of the molecule is Fc1cccc(F)c1C1=CC(c2cccs2)NN1. The van der Waals surface area contributed by atoms with E-state index in [0.29, 0.717) is 5.70 Å². The second-order valence-corrected chi connectivity index (χ2v) is 4.92. The Morgan fingerprint density at radius 3 is 2.50 bits per heavy atom. The molecule has 0 amide bonds. The molecular weight excluding hydrogens is 254 g/mol. The summed E-state index contributed by atoms with van der Waals surface area (Å²) in [6.45, 7) is 0. The molecule has 0 fully saturated rings. The van der Waals surface area contributed by atoms with E-state index in [9.17, 15) is 8.78 Å². The van der Waals surface area contributed by atoms with Gasteiger partial charge in [0.15, 0.2) is 0 Å². The molecule has 1 aliphatic heterocycles. The van der Waals surface area contributed by atoms with Crippen molar-refractivity contribution >= 4 is 17.0 Å². The van der Waals surface area contributed by atoms with Crippen LogP contribution in [0.25, 0.3) is 5.70 Å². The van der Waals surface area contributed by atoms with Crippen LogP contribution in [-0.2, 0) is 0 Å². The molecule has 0 radical (unpaired) electrons. The highest BCUT2D eigenvalue weighted by molar-refractivity contribution is 7.10. The third-order valence-corrected chi connectivity index (χ3v) is 3.73. The maximum Gasteiger partial charge on any atom is 0.135 e. The Kier molecular flexibility index (Phi) is 2.85. The minimum absolute atomic E-state index is 0.0240. The van der Waals surface area contributed by atoms with E-state index < -0.39 is 11.6 Å². The Balaban J connectivity index is 1.97. The van der Waals surface area contributed by atoms with Crippen LogP contribution in [0.15, 0.2) is 41.8 Å². The van der Waals surface area contributed by atoms with E-state index in [1.54, 1.807) is 17.4 Å². The summed E-state index contributed by atoms with van der Waals surface area (Å²) in [6, 6.07) is 7.71. The average Bonchev–Trinajstić information content (AvgIpc) is 2.99. The zero-order chi connectivity index (χ0) is 12.5. The summed E-state index contributed by atoms with van der Waals surface area (Å²) >= 11 is 1.59. The number of nitrogens with one attached hydrogen (secondary N) is 2. The zero-order valence-corrected chi connectivity index (χ0v) is 10.1. The van der Waals surface area contributed by atoms with Crippen molar-refractivity contribution in [2.24, 2.45) is 0 Å². The number of hydrogen-bond acceptors (Lipinski definition) is 3. The van der Waals surface area contributed by atoms with Gasteiger partial charge in [0.25, 0.3) is 0 Å². The predicted molar refractivity (Wildman–Crippen MR) is 67.7 cm³/mol. The van der Waals surface area contributed by atoms with Gasteiger partial charge in [0.05, 0.1) is 17.3 Å². The highest BCUT2D eigenvalue weighted by Gasteiger charge is 2.22. The lowest BCUT2D eigenvalue weighted by Crippen LogP contribution is -2.26. The summed E-state index contributed by atoms with van der Waals surface area (Å²) in [4.78, 5) is 1.09. The van der Waals surface area contributed by atoms with Gasteiger partial charge in [0, 0.05) is 4.88 Å². The molecule has 18 heavy (non-hydrogen) atoms. The summed E-state index contributed by atoms with van der Waals surface area (Å²) in [5.41, 5.74) is 6.24.